The highest BCUT2D eigenvalue weighted by Crippen LogP contribution is 2.30. The average Bonchev–Trinajstić information content (AvgIpc) is 3.28. The van der Waals surface area contributed by atoms with Gasteiger partial charge in [0, 0.05) is 0 Å². The van der Waals surface area contributed by atoms with Crippen molar-refractivity contribution in [3.05, 3.63) is 42.5 Å². The normalized spacial score (nSPS) is 11.9. The SMILES string of the molecule is CNS(=O)(=O)c1ccc2nc(NC(=O)CSc3nc4ccccc4s3)sc2c1. The molecule has 2 aromatic carbocycles. The molecule has 7 nitrogen and oxygen atoms in total. The minimum Gasteiger partial charge on any atom is -0.301 e. The molecule has 0 bridgehead atoms. The highest BCUT2D eigenvalue weighted by Gasteiger charge is 2.15. The topological polar surface area (TPSA) is 101 Å². The van der Waals surface area contributed by atoms with Crippen LogP contribution in [0.3, 0.4) is 0 Å². The first kappa shape index (κ1) is 19.3. The number of fused-ring (bicyclic) bond motifs is 2. The van der Waals surface area contributed by atoms with Gasteiger partial charge in [-0.1, -0.05) is 35.2 Å². The number of para-hydroxylation sites is 1. The van der Waals surface area contributed by atoms with E-state index in [9.17, 15) is 13.2 Å². The first-order valence-corrected chi connectivity index (χ1v) is 12.2. The van der Waals surface area contributed by atoms with Gasteiger partial charge in [-0.15, -0.1) is 11.3 Å². The van der Waals surface area contributed by atoms with Gasteiger partial charge >= 0.3 is 0 Å². The zero-order chi connectivity index (χ0) is 19.7. The molecule has 0 aliphatic heterocycles. The zero-order valence-electron chi connectivity index (χ0n) is 14.5. The summed E-state index contributed by atoms with van der Waals surface area (Å²) in [5, 5.41) is 3.20. The van der Waals surface area contributed by atoms with Crippen LogP contribution in [0.1, 0.15) is 0 Å². The summed E-state index contributed by atoms with van der Waals surface area (Å²) in [4.78, 5) is 21.3. The Morgan fingerprint density at radius 3 is 2.64 bits per heavy atom. The maximum Gasteiger partial charge on any atom is 0.240 e. The molecular weight excluding hydrogens is 436 g/mol. The smallest absolute Gasteiger partial charge is 0.240 e. The van der Waals surface area contributed by atoms with Gasteiger partial charge in [-0.25, -0.2) is 23.1 Å². The molecule has 4 rings (SSSR count). The van der Waals surface area contributed by atoms with Crippen LogP contribution in [0.5, 0.6) is 0 Å². The number of aromatic nitrogens is 2. The number of carbonyl (C=O) groups is 1. The van der Waals surface area contributed by atoms with Crippen molar-refractivity contribution in [3.8, 4) is 0 Å². The highest BCUT2D eigenvalue weighted by molar-refractivity contribution is 8.01. The van der Waals surface area contributed by atoms with Gasteiger partial charge in [0.1, 0.15) is 0 Å². The fourth-order valence-electron chi connectivity index (χ4n) is 2.44. The number of carbonyl (C=O) groups excluding carboxylic acids is 1. The minimum absolute atomic E-state index is 0.162. The molecule has 2 heterocycles. The van der Waals surface area contributed by atoms with Crippen LogP contribution in [0, 0.1) is 0 Å². The molecule has 2 aromatic heterocycles. The van der Waals surface area contributed by atoms with Gasteiger partial charge in [0.15, 0.2) is 9.47 Å². The number of sulfonamides is 1. The van der Waals surface area contributed by atoms with Gasteiger partial charge in [-0.2, -0.15) is 0 Å². The third-order valence-corrected chi connectivity index (χ3v) is 8.31. The van der Waals surface area contributed by atoms with Gasteiger partial charge < -0.3 is 5.32 Å². The number of rotatable bonds is 6. The maximum atomic E-state index is 12.3. The van der Waals surface area contributed by atoms with E-state index >= 15 is 0 Å². The standard InChI is InChI=1S/C17H14N4O3S4/c1-18-28(23,24)10-6-7-12-14(8-10)26-16(19-12)21-15(22)9-25-17-20-11-4-2-3-5-13(11)27-17/h2-8,18H,9H2,1H3,(H,19,21,22). The number of hydrogen-bond donors (Lipinski definition) is 2. The molecule has 0 radical (unpaired) electrons. The van der Waals surface area contributed by atoms with E-state index in [0.717, 1.165) is 14.6 Å². The van der Waals surface area contributed by atoms with Crippen molar-refractivity contribution in [3.63, 3.8) is 0 Å². The van der Waals surface area contributed by atoms with Crippen molar-refractivity contribution in [2.75, 3.05) is 18.1 Å². The Labute approximate surface area is 173 Å². The second-order valence-corrected chi connectivity index (χ2v) is 10.8. The number of hydrogen-bond acceptors (Lipinski definition) is 8. The first-order valence-electron chi connectivity index (χ1n) is 8.07. The summed E-state index contributed by atoms with van der Waals surface area (Å²) in [5.74, 6) is 0.0289. The lowest BCUT2D eigenvalue weighted by Gasteiger charge is -2.00. The van der Waals surface area contributed by atoms with Crippen molar-refractivity contribution in [1.29, 1.82) is 0 Å². The van der Waals surface area contributed by atoms with E-state index in [4.69, 9.17) is 0 Å². The number of anilines is 1. The molecular formula is C17H14N4O3S4. The summed E-state index contributed by atoms with van der Waals surface area (Å²) in [6.45, 7) is 0. The van der Waals surface area contributed by atoms with E-state index in [1.165, 1.54) is 36.2 Å². The molecule has 2 N–H and O–H groups in total. The Morgan fingerprint density at radius 2 is 1.86 bits per heavy atom. The fraction of sp³-hybridized carbons (Fsp3) is 0.118. The Hall–Kier alpha value is -2.05. The Morgan fingerprint density at radius 1 is 1.07 bits per heavy atom. The van der Waals surface area contributed by atoms with Crippen LogP contribution in [-0.2, 0) is 14.8 Å². The molecule has 0 aliphatic rings. The molecule has 0 fully saturated rings. The molecule has 144 valence electrons. The van der Waals surface area contributed by atoms with Gasteiger partial charge in [0.25, 0.3) is 0 Å². The second kappa shape index (κ2) is 7.76. The molecule has 0 spiro atoms. The lowest BCUT2D eigenvalue weighted by Crippen LogP contribution is -2.18. The van der Waals surface area contributed by atoms with E-state index in [1.807, 2.05) is 24.3 Å². The van der Waals surface area contributed by atoms with Crippen LogP contribution in [0.4, 0.5) is 5.13 Å². The monoisotopic (exact) mass is 450 g/mol. The minimum atomic E-state index is -3.52. The molecule has 0 saturated heterocycles. The molecule has 4 aromatic rings. The van der Waals surface area contributed by atoms with E-state index in [-0.39, 0.29) is 16.6 Å². The lowest BCUT2D eigenvalue weighted by molar-refractivity contribution is -0.113. The fourth-order valence-corrected chi connectivity index (χ4v) is 6.06. The summed E-state index contributed by atoms with van der Waals surface area (Å²) < 4.78 is 28.7. The summed E-state index contributed by atoms with van der Waals surface area (Å²) in [6.07, 6.45) is 0. The summed E-state index contributed by atoms with van der Waals surface area (Å²) in [6, 6.07) is 12.5. The van der Waals surface area contributed by atoms with Crippen molar-refractivity contribution in [1.82, 2.24) is 14.7 Å². The van der Waals surface area contributed by atoms with Crippen LogP contribution in [-0.4, -0.2) is 37.1 Å². The van der Waals surface area contributed by atoms with E-state index in [1.54, 1.807) is 23.5 Å². The summed E-state index contributed by atoms with van der Waals surface area (Å²) in [5.41, 5.74) is 1.56. The van der Waals surface area contributed by atoms with Crippen LogP contribution in [0.2, 0.25) is 0 Å². The molecule has 0 unspecified atom stereocenters. The number of thiazole rings is 2. The maximum absolute atomic E-state index is 12.3. The Balaban J connectivity index is 1.44. The van der Waals surface area contributed by atoms with E-state index < -0.39 is 10.0 Å². The zero-order valence-corrected chi connectivity index (χ0v) is 17.8. The van der Waals surface area contributed by atoms with Crippen molar-refractivity contribution in [2.24, 2.45) is 0 Å². The average molecular weight is 451 g/mol. The predicted molar refractivity (Wildman–Crippen MR) is 115 cm³/mol. The van der Waals surface area contributed by atoms with Gasteiger partial charge in [0.2, 0.25) is 15.9 Å². The van der Waals surface area contributed by atoms with Gasteiger partial charge in [-0.05, 0) is 37.4 Å². The molecule has 0 saturated carbocycles. The summed E-state index contributed by atoms with van der Waals surface area (Å²) >= 11 is 4.16. The van der Waals surface area contributed by atoms with Crippen molar-refractivity contribution < 1.29 is 13.2 Å². The number of amides is 1. The lowest BCUT2D eigenvalue weighted by atomic mass is 10.3. The number of benzene rings is 2. The number of nitrogens with one attached hydrogen (secondary N) is 2. The van der Waals surface area contributed by atoms with Crippen LogP contribution < -0.4 is 10.0 Å². The predicted octanol–water partition coefficient (Wildman–Crippen LogP) is 3.54. The van der Waals surface area contributed by atoms with Crippen molar-refractivity contribution in [2.45, 2.75) is 9.24 Å². The number of nitrogens with zero attached hydrogens (tertiary/aromatic N) is 2. The van der Waals surface area contributed by atoms with Crippen LogP contribution >= 0.6 is 34.4 Å². The van der Waals surface area contributed by atoms with E-state index in [2.05, 4.69) is 20.0 Å². The molecule has 0 aliphatic carbocycles. The molecule has 11 heteroatoms. The van der Waals surface area contributed by atoms with E-state index in [0.29, 0.717) is 15.3 Å². The van der Waals surface area contributed by atoms with Crippen LogP contribution in [0.25, 0.3) is 20.4 Å². The molecule has 1 amide bonds. The Kier molecular flexibility index (Phi) is 5.34. The first-order chi connectivity index (χ1) is 13.4. The highest BCUT2D eigenvalue weighted by atomic mass is 32.2. The van der Waals surface area contributed by atoms with Crippen LogP contribution in [0.15, 0.2) is 51.7 Å². The quantitative estimate of drug-likeness (QED) is 0.436. The largest absolute Gasteiger partial charge is 0.301 e. The van der Waals surface area contributed by atoms with Gasteiger partial charge in [-0.3, -0.25) is 4.79 Å². The third-order valence-electron chi connectivity index (χ3n) is 3.79. The number of thioether (sulfide) groups is 1. The third kappa shape index (κ3) is 4.03. The second-order valence-electron chi connectivity index (χ2n) is 5.64. The Bertz CT molecular complexity index is 1250. The van der Waals surface area contributed by atoms with Crippen molar-refractivity contribution >= 4 is 75.9 Å². The molecule has 28 heavy (non-hydrogen) atoms. The van der Waals surface area contributed by atoms with Gasteiger partial charge in [0.05, 0.1) is 31.1 Å². The molecule has 0 atom stereocenters. The summed E-state index contributed by atoms with van der Waals surface area (Å²) in [7, 11) is -2.16.